The Hall–Kier alpha value is -1.40. The summed E-state index contributed by atoms with van der Waals surface area (Å²) in [6, 6.07) is 1.81. The molecule has 0 aliphatic heterocycles. The number of aryl methyl sites for hydroxylation is 1. The van der Waals surface area contributed by atoms with Crippen LogP contribution in [0.15, 0.2) is 6.07 Å². The molecule has 0 saturated heterocycles. The zero-order chi connectivity index (χ0) is 12.2. The highest BCUT2D eigenvalue weighted by Crippen LogP contribution is 2.17. The van der Waals surface area contributed by atoms with Gasteiger partial charge in [-0.1, -0.05) is 6.92 Å². The largest absolute Gasteiger partial charge is 0.394 e. The second-order valence-corrected chi connectivity index (χ2v) is 4.06. The first-order chi connectivity index (χ1) is 7.53. The summed E-state index contributed by atoms with van der Waals surface area (Å²) in [4.78, 5) is 8.25. The van der Waals surface area contributed by atoms with E-state index in [4.69, 9.17) is 5.84 Å². The second kappa shape index (κ2) is 5.09. The predicted octanol–water partition coefficient (Wildman–Crippen LogP) is 0.644. The molecule has 0 amide bonds. The molecule has 1 rings (SSSR count). The lowest BCUT2D eigenvalue weighted by atomic mass is 10.0. The van der Waals surface area contributed by atoms with Crippen molar-refractivity contribution in [3.8, 4) is 0 Å². The molecule has 0 saturated carbocycles. The Morgan fingerprint density at radius 2 is 2.19 bits per heavy atom. The summed E-state index contributed by atoms with van der Waals surface area (Å²) in [5.74, 6) is 6.28. The molecule has 0 spiro atoms. The maximum absolute atomic E-state index is 9.30. The third-order valence-corrected chi connectivity index (χ3v) is 2.54. The topological polar surface area (TPSA) is 96.1 Å². The number of hydrazine groups is 1. The van der Waals surface area contributed by atoms with Crippen molar-refractivity contribution >= 4 is 11.8 Å². The zero-order valence-corrected chi connectivity index (χ0v) is 9.91. The fourth-order valence-corrected chi connectivity index (χ4v) is 1.25. The van der Waals surface area contributed by atoms with E-state index in [1.54, 1.807) is 0 Å². The van der Waals surface area contributed by atoms with E-state index in [1.807, 2.05) is 26.8 Å². The SMILES string of the molecule is CCC(C)(CO)Nc1cc(C)nc(NN)n1. The number of rotatable bonds is 5. The smallest absolute Gasteiger partial charge is 0.239 e. The maximum Gasteiger partial charge on any atom is 0.239 e. The standard InChI is InChI=1S/C10H19N5O/c1-4-10(3,6-16)14-8-5-7(2)12-9(13-8)15-11/h5,16H,4,6,11H2,1-3H3,(H2,12,13,14,15). The first kappa shape index (κ1) is 12.7. The van der Waals surface area contributed by atoms with E-state index in [9.17, 15) is 5.11 Å². The Morgan fingerprint density at radius 3 is 2.69 bits per heavy atom. The van der Waals surface area contributed by atoms with E-state index in [-0.39, 0.29) is 12.1 Å². The number of aliphatic hydroxyl groups excluding tert-OH is 1. The average Bonchev–Trinajstić information content (AvgIpc) is 2.28. The van der Waals surface area contributed by atoms with Crippen LogP contribution in [0, 0.1) is 6.92 Å². The van der Waals surface area contributed by atoms with Gasteiger partial charge in [-0.3, -0.25) is 5.43 Å². The molecular formula is C10H19N5O. The first-order valence-electron chi connectivity index (χ1n) is 5.24. The van der Waals surface area contributed by atoms with Crippen LogP contribution in [-0.2, 0) is 0 Å². The molecule has 1 heterocycles. The highest BCUT2D eigenvalue weighted by Gasteiger charge is 2.21. The first-order valence-corrected chi connectivity index (χ1v) is 5.24. The van der Waals surface area contributed by atoms with Gasteiger partial charge in [0.1, 0.15) is 5.82 Å². The molecule has 0 radical (unpaired) electrons. The molecule has 0 aliphatic rings. The Labute approximate surface area is 95.3 Å². The molecule has 90 valence electrons. The summed E-state index contributed by atoms with van der Waals surface area (Å²) in [7, 11) is 0. The van der Waals surface area contributed by atoms with Crippen molar-refractivity contribution in [2.24, 2.45) is 5.84 Å². The van der Waals surface area contributed by atoms with Gasteiger partial charge in [0, 0.05) is 11.8 Å². The molecule has 16 heavy (non-hydrogen) atoms. The number of nitrogen functional groups attached to an aromatic ring is 1. The highest BCUT2D eigenvalue weighted by atomic mass is 16.3. The third-order valence-electron chi connectivity index (χ3n) is 2.54. The van der Waals surface area contributed by atoms with Crippen molar-refractivity contribution in [1.82, 2.24) is 9.97 Å². The van der Waals surface area contributed by atoms with Gasteiger partial charge in [-0.15, -0.1) is 0 Å². The summed E-state index contributed by atoms with van der Waals surface area (Å²) in [6.45, 7) is 5.83. The molecule has 1 aromatic heterocycles. The number of aliphatic hydroxyl groups is 1. The Kier molecular flexibility index (Phi) is 4.03. The number of aromatic nitrogens is 2. The Balaban J connectivity index is 2.92. The molecule has 1 atom stereocenters. The number of nitrogens with one attached hydrogen (secondary N) is 2. The fraction of sp³-hybridized carbons (Fsp3) is 0.600. The molecule has 5 N–H and O–H groups in total. The third kappa shape index (κ3) is 3.04. The molecule has 1 unspecified atom stereocenters. The average molecular weight is 225 g/mol. The molecule has 6 heteroatoms. The highest BCUT2D eigenvalue weighted by molar-refractivity contribution is 5.43. The van der Waals surface area contributed by atoms with Crippen molar-refractivity contribution in [3.63, 3.8) is 0 Å². The minimum absolute atomic E-state index is 0.0396. The van der Waals surface area contributed by atoms with Gasteiger partial charge in [0.05, 0.1) is 12.1 Å². The maximum atomic E-state index is 9.30. The summed E-state index contributed by atoms with van der Waals surface area (Å²) in [5.41, 5.74) is 2.83. The summed E-state index contributed by atoms with van der Waals surface area (Å²) >= 11 is 0. The number of hydrogen-bond donors (Lipinski definition) is 4. The molecule has 6 nitrogen and oxygen atoms in total. The molecule has 0 aromatic carbocycles. The van der Waals surface area contributed by atoms with E-state index in [1.165, 1.54) is 0 Å². The number of nitrogens with zero attached hydrogens (tertiary/aromatic N) is 2. The minimum Gasteiger partial charge on any atom is -0.394 e. The van der Waals surface area contributed by atoms with Crippen molar-refractivity contribution in [2.45, 2.75) is 32.7 Å². The predicted molar refractivity (Wildman–Crippen MR) is 64.0 cm³/mol. The van der Waals surface area contributed by atoms with E-state index < -0.39 is 0 Å². The Bertz CT molecular complexity index is 351. The zero-order valence-electron chi connectivity index (χ0n) is 9.91. The lowest BCUT2D eigenvalue weighted by molar-refractivity contribution is 0.218. The number of nitrogens with two attached hydrogens (primary N) is 1. The van der Waals surface area contributed by atoms with Gasteiger partial charge in [0.15, 0.2) is 0 Å². The quantitative estimate of drug-likeness (QED) is 0.434. The molecule has 0 aliphatic carbocycles. The van der Waals surface area contributed by atoms with Crippen LogP contribution in [0.2, 0.25) is 0 Å². The van der Waals surface area contributed by atoms with Crippen LogP contribution in [0.4, 0.5) is 11.8 Å². The van der Waals surface area contributed by atoms with Gasteiger partial charge in [-0.2, -0.15) is 4.98 Å². The lowest BCUT2D eigenvalue weighted by Gasteiger charge is -2.28. The van der Waals surface area contributed by atoms with Crippen molar-refractivity contribution in [1.29, 1.82) is 0 Å². The molecular weight excluding hydrogens is 206 g/mol. The van der Waals surface area contributed by atoms with Crippen LogP contribution < -0.4 is 16.6 Å². The van der Waals surface area contributed by atoms with E-state index in [0.717, 1.165) is 12.1 Å². The normalized spacial score (nSPS) is 14.3. The second-order valence-electron chi connectivity index (χ2n) is 4.06. The van der Waals surface area contributed by atoms with Gasteiger partial charge >= 0.3 is 0 Å². The van der Waals surface area contributed by atoms with Gasteiger partial charge < -0.3 is 10.4 Å². The van der Waals surface area contributed by atoms with Crippen LogP contribution >= 0.6 is 0 Å². The van der Waals surface area contributed by atoms with Gasteiger partial charge in [0.2, 0.25) is 5.95 Å². The number of hydrogen-bond acceptors (Lipinski definition) is 6. The monoisotopic (exact) mass is 225 g/mol. The summed E-state index contributed by atoms with van der Waals surface area (Å²) in [6.07, 6.45) is 0.790. The minimum atomic E-state index is -0.382. The van der Waals surface area contributed by atoms with Crippen LogP contribution in [0.1, 0.15) is 26.0 Å². The van der Waals surface area contributed by atoms with Crippen LogP contribution in [0.25, 0.3) is 0 Å². The molecule has 0 bridgehead atoms. The van der Waals surface area contributed by atoms with Crippen LogP contribution in [0.3, 0.4) is 0 Å². The van der Waals surface area contributed by atoms with Crippen molar-refractivity contribution in [3.05, 3.63) is 11.8 Å². The van der Waals surface area contributed by atoms with E-state index in [2.05, 4.69) is 20.7 Å². The fourth-order valence-electron chi connectivity index (χ4n) is 1.25. The van der Waals surface area contributed by atoms with E-state index in [0.29, 0.717) is 11.8 Å². The van der Waals surface area contributed by atoms with Crippen molar-refractivity contribution < 1.29 is 5.11 Å². The van der Waals surface area contributed by atoms with E-state index >= 15 is 0 Å². The summed E-state index contributed by atoms with van der Waals surface area (Å²) < 4.78 is 0. The van der Waals surface area contributed by atoms with Crippen LogP contribution in [-0.4, -0.2) is 27.2 Å². The number of anilines is 2. The van der Waals surface area contributed by atoms with Gasteiger partial charge in [-0.05, 0) is 20.3 Å². The molecule has 0 fully saturated rings. The van der Waals surface area contributed by atoms with Gasteiger partial charge in [0.25, 0.3) is 0 Å². The lowest BCUT2D eigenvalue weighted by Crippen LogP contribution is -2.38. The Morgan fingerprint density at radius 1 is 1.50 bits per heavy atom. The molecule has 1 aromatic rings. The summed E-state index contributed by atoms with van der Waals surface area (Å²) in [5, 5.41) is 12.5. The van der Waals surface area contributed by atoms with Crippen LogP contribution in [0.5, 0.6) is 0 Å². The van der Waals surface area contributed by atoms with Crippen molar-refractivity contribution in [2.75, 3.05) is 17.3 Å². The van der Waals surface area contributed by atoms with Gasteiger partial charge in [-0.25, -0.2) is 10.8 Å².